The van der Waals surface area contributed by atoms with E-state index in [2.05, 4.69) is 5.32 Å². The van der Waals surface area contributed by atoms with Gasteiger partial charge in [0.05, 0.1) is 18.7 Å². The molecule has 1 amide bonds. The van der Waals surface area contributed by atoms with Crippen LogP contribution in [0.4, 0.5) is 8.78 Å². The first kappa shape index (κ1) is 16.2. The van der Waals surface area contributed by atoms with Gasteiger partial charge in [0.25, 0.3) is 0 Å². The number of carbonyl (C=O) groups excluding carboxylic acids is 2. The normalized spacial score (nSPS) is 10.9. The summed E-state index contributed by atoms with van der Waals surface area (Å²) in [6.45, 7) is 3.50. The largest absolute Gasteiger partial charge is 0.353 e. The molecule has 0 spiro atoms. The van der Waals surface area contributed by atoms with E-state index in [9.17, 15) is 18.4 Å². The van der Waals surface area contributed by atoms with Gasteiger partial charge < -0.3 is 5.32 Å². The molecule has 20 heavy (non-hydrogen) atoms. The third-order valence-corrected chi connectivity index (χ3v) is 2.51. The second kappa shape index (κ2) is 7.09. The van der Waals surface area contributed by atoms with Crippen LogP contribution in [0.15, 0.2) is 18.2 Å². The van der Waals surface area contributed by atoms with Crippen LogP contribution >= 0.6 is 0 Å². The topological polar surface area (TPSA) is 49.4 Å². The highest BCUT2D eigenvalue weighted by Gasteiger charge is 2.16. The number of amides is 1. The van der Waals surface area contributed by atoms with E-state index in [0.29, 0.717) is 0 Å². The van der Waals surface area contributed by atoms with E-state index in [1.807, 2.05) is 13.8 Å². The van der Waals surface area contributed by atoms with Gasteiger partial charge in [-0.15, -0.1) is 0 Å². The zero-order valence-corrected chi connectivity index (χ0v) is 11.7. The fraction of sp³-hybridized carbons (Fsp3) is 0.429. The summed E-state index contributed by atoms with van der Waals surface area (Å²) >= 11 is 0. The van der Waals surface area contributed by atoms with E-state index in [1.165, 1.54) is 4.90 Å². The van der Waals surface area contributed by atoms with Gasteiger partial charge in [0, 0.05) is 6.04 Å². The molecule has 1 aromatic rings. The van der Waals surface area contributed by atoms with Gasteiger partial charge in [0.15, 0.2) is 5.78 Å². The predicted molar refractivity (Wildman–Crippen MR) is 71.5 cm³/mol. The smallest absolute Gasteiger partial charge is 0.234 e. The molecule has 1 rings (SSSR count). The minimum Gasteiger partial charge on any atom is -0.353 e. The molecule has 0 radical (unpaired) electrons. The Hall–Kier alpha value is -1.82. The number of halogens is 2. The Balaban J connectivity index is 2.61. The zero-order chi connectivity index (χ0) is 15.3. The number of hydrogen-bond acceptors (Lipinski definition) is 3. The second-order valence-corrected chi connectivity index (χ2v) is 4.94. The Morgan fingerprint density at radius 3 is 2.50 bits per heavy atom. The molecule has 1 N–H and O–H groups in total. The lowest BCUT2D eigenvalue weighted by Crippen LogP contribution is -2.40. The quantitative estimate of drug-likeness (QED) is 0.807. The Morgan fingerprint density at radius 2 is 1.90 bits per heavy atom. The van der Waals surface area contributed by atoms with Gasteiger partial charge in [-0.05, 0) is 39.1 Å². The second-order valence-electron chi connectivity index (χ2n) is 4.94. The molecule has 0 saturated carbocycles. The van der Waals surface area contributed by atoms with E-state index in [0.717, 1.165) is 18.2 Å². The third kappa shape index (κ3) is 5.05. The average Bonchev–Trinajstić information content (AvgIpc) is 2.30. The molecule has 0 bridgehead atoms. The molecule has 0 heterocycles. The lowest BCUT2D eigenvalue weighted by Gasteiger charge is -2.16. The molecule has 0 aliphatic rings. The van der Waals surface area contributed by atoms with Crippen LogP contribution in [0, 0.1) is 11.6 Å². The minimum atomic E-state index is -0.767. The molecule has 4 nitrogen and oxygen atoms in total. The summed E-state index contributed by atoms with van der Waals surface area (Å²) in [5.41, 5.74) is -0.305. The fourth-order valence-corrected chi connectivity index (χ4v) is 1.71. The van der Waals surface area contributed by atoms with E-state index >= 15 is 0 Å². The van der Waals surface area contributed by atoms with Gasteiger partial charge in [-0.1, -0.05) is 0 Å². The maximum atomic E-state index is 13.4. The van der Waals surface area contributed by atoms with Gasteiger partial charge in [-0.2, -0.15) is 0 Å². The highest BCUT2D eigenvalue weighted by molar-refractivity contribution is 5.98. The predicted octanol–water partition coefficient (Wildman–Crippen LogP) is 1.60. The summed E-state index contributed by atoms with van der Waals surface area (Å²) in [6.07, 6.45) is 0. The Kier molecular flexibility index (Phi) is 5.76. The molecule has 0 aliphatic carbocycles. The van der Waals surface area contributed by atoms with Crippen molar-refractivity contribution in [2.45, 2.75) is 19.9 Å². The number of hydrogen-bond donors (Lipinski definition) is 1. The minimum absolute atomic E-state index is 0.00673. The molecule has 0 atom stereocenters. The lowest BCUT2D eigenvalue weighted by atomic mass is 10.1. The number of likely N-dealkylation sites (N-methyl/N-ethyl adjacent to an activating group) is 1. The van der Waals surface area contributed by atoms with Crippen LogP contribution < -0.4 is 5.32 Å². The van der Waals surface area contributed by atoms with Gasteiger partial charge >= 0.3 is 0 Å². The summed E-state index contributed by atoms with van der Waals surface area (Å²) in [4.78, 5) is 24.8. The first-order valence-corrected chi connectivity index (χ1v) is 6.25. The van der Waals surface area contributed by atoms with E-state index in [4.69, 9.17) is 0 Å². The SMILES string of the molecule is CC(C)NC(=O)CN(C)CC(=O)c1cc(F)ccc1F. The van der Waals surface area contributed by atoms with Crippen molar-refractivity contribution < 1.29 is 18.4 Å². The average molecular weight is 284 g/mol. The molecule has 1 aromatic carbocycles. The maximum absolute atomic E-state index is 13.4. The van der Waals surface area contributed by atoms with Gasteiger partial charge in [-0.3, -0.25) is 14.5 Å². The van der Waals surface area contributed by atoms with Gasteiger partial charge in [0.2, 0.25) is 5.91 Å². The molecule has 0 aliphatic heterocycles. The fourth-order valence-electron chi connectivity index (χ4n) is 1.71. The summed E-state index contributed by atoms with van der Waals surface area (Å²) in [6, 6.07) is 2.73. The number of Topliss-reactive ketones (excluding diaryl/α,β-unsaturated/α-hetero) is 1. The van der Waals surface area contributed by atoms with E-state index in [-0.39, 0.29) is 30.6 Å². The summed E-state index contributed by atoms with van der Waals surface area (Å²) in [5.74, 6) is -2.23. The summed E-state index contributed by atoms with van der Waals surface area (Å²) in [5, 5.41) is 2.68. The van der Waals surface area contributed by atoms with Crippen molar-refractivity contribution in [2.75, 3.05) is 20.1 Å². The molecular formula is C14H18F2N2O2. The van der Waals surface area contributed by atoms with E-state index in [1.54, 1.807) is 7.05 Å². The number of ketones is 1. The van der Waals surface area contributed by atoms with Crippen molar-refractivity contribution in [1.29, 1.82) is 0 Å². The molecule has 0 aromatic heterocycles. The summed E-state index contributed by atoms with van der Waals surface area (Å²) < 4.78 is 26.4. The molecule has 0 fully saturated rings. The van der Waals surface area contributed by atoms with Crippen LogP contribution in [0.3, 0.4) is 0 Å². The number of carbonyl (C=O) groups is 2. The van der Waals surface area contributed by atoms with Crippen LogP contribution in [0.25, 0.3) is 0 Å². The molecule has 0 unspecified atom stereocenters. The first-order chi connectivity index (χ1) is 9.29. The highest BCUT2D eigenvalue weighted by Crippen LogP contribution is 2.10. The van der Waals surface area contributed by atoms with Crippen molar-refractivity contribution >= 4 is 11.7 Å². The monoisotopic (exact) mass is 284 g/mol. The van der Waals surface area contributed by atoms with Crippen molar-refractivity contribution in [2.24, 2.45) is 0 Å². The Morgan fingerprint density at radius 1 is 1.25 bits per heavy atom. The maximum Gasteiger partial charge on any atom is 0.234 e. The Bertz CT molecular complexity index is 504. The number of benzene rings is 1. The molecular weight excluding hydrogens is 266 g/mol. The molecule has 110 valence electrons. The van der Waals surface area contributed by atoms with Crippen LogP contribution in [0.2, 0.25) is 0 Å². The van der Waals surface area contributed by atoms with Gasteiger partial charge in [-0.25, -0.2) is 8.78 Å². The van der Waals surface area contributed by atoms with Crippen LogP contribution in [0.1, 0.15) is 24.2 Å². The number of rotatable bonds is 6. The molecule has 6 heteroatoms. The first-order valence-electron chi connectivity index (χ1n) is 6.25. The molecule has 0 saturated heterocycles. The zero-order valence-electron chi connectivity index (χ0n) is 11.7. The van der Waals surface area contributed by atoms with E-state index < -0.39 is 17.4 Å². The van der Waals surface area contributed by atoms with Crippen LogP contribution in [0.5, 0.6) is 0 Å². The number of nitrogens with zero attached hydrogens (tertiary/aromatic N) is 1. The van der Waals surface area contributed by atoms with Crippen molar-refractivity contribution in [3.8, 4) is 0 Å². The van der Waals surface area contributed by atoms with Crippen molar-refractivity contribution in [1.82, 2.24) is 10.2 Å². The Labute approximate surface area is 116 Å². The third-order valence-electron chi connectivity index (χ3n) is 2.51. The van der Waals surface area contributed by atoms with Gasteiger partial charge in [0.1, 0.15) is 11.6 Å². The lowest BCUT2D eigenvalue weighted by molar-refractivity contribution is -0.122. The van der Waals surface area contributed by atoms with Crippen LogP contribution in [-0.4, -0.2) is 42.8 Å². The number of nitrogens with one attached hydrogen (secondary N) is 1. The highest BCUT2D eigenvalue weighted by atomic mass is 19.1. The van der Waals surface area contributed by atoms with Crippen LogP contribution in [-0.2, 0) is 4.79 Å². The van der Waals surface area contributed by atoms with Crippen molar-refractivity contribution in [3.63, 3.8) is 0 Å². The standard InChI is InChI=1S/C14H18F2N2O2/c1-9(2)17-14(20)8-18(3)7-13(19)11-6-10(15)4-5-12(11)16/h4-6,9H,7-8H2,1-3H3,(H,17,20). The van der Waals surface area contributed by atoms with Crippen molar-refractivity contribution in [3.05, 3.63) is 35.4 Å². The summed E-state index contributed by atoms with van der Waals surface area (Å²) in [7, 11) is 1.56.